The first-order valence-electron chi connectivity index (χ1n) is 8.91. The van der Waals surface area contributed by atoms with Gasteiger partial charge < -0.3 is 20.9 Å². The van der Waals surface area contributed by atoms with Gasteiger partial charge in [0.15, 0.2) is 0 Å². The van der Waals surface area contributed by atoms with Crippen molar-refractivity contribution in [3.8, 4) is 0 Å². The average molecular weight is 379 g/mol. The first-order chi connectivity index (χ1) is 12.5. The monoisotopic (exact) mass is 378 g/mol. The highest BCUT2D eigenvalue weighted by Crippen LogP contribution is 2.29. The number of carbonyl (C=O) groups excluding carboxylic acids is 3. The van der Waals surface area contributed by atoms with Gasteiger partial charge in [0.2, 0.25) is 17.7 Å². The number of hydrogen-bond donors (Lipinski definition) is 3. The lowest BCUT2D eigenvalue weighted by molar-refractivity contribution is -0.122. The fourth-order valence-electron chi connectivity index (χ4n) is 2.86. The zero-order valence-electron chi connectivity index (χ0n) is 14.5. The highest BCUT2D eigenvalue weighted by atomic mass is 35.5. The molecule has 3 rings (SSSR count). The molecular weight excluding hydrogens is 356 g/mol. The maximum atomic E-state index is 12.0. The second-order valence-electron chi connectivity index (χ2n) is 6.65. The predicted molar refractivity (Wildman–Crippen MR) is 100 cm³/mol. The van der Waals surface area contributed by atoms with Crippen LogP contribution in [-0.4, -0.2) is 43.9 Å². The van der Waals surface area contributed by atoms with Crippen molar-refractivity contribution in [3.05, 3.63) is 23.2 Å². The lowest BCUT2D eigenvalue weighted by Gasteiger charge is -2.29. The maximum Gasteiger partial charge on any atom is 0.239 e. The minimum absolute atomic E-state index is 0.0292. The summed E-state index contributed by atoms with van der Waals surface area (Å²) in [5, 5.41) is 8.92. The molecule has 140 valence electrons. The van der Waals surface area contributed by atoms with Crippen molar-refractivity contribution in [2.75, 3.05) is 36.4 Å². The highest BCUT2D eigenvalue weighted by Gasteiger charge is 2.29. The topological polar surface area (TPSA) is 90.5 Å². The first kappa shape index (κ1) is 18.5. The summed E-state index contributed by atoms with van der Waals surface area (Å²) in [4.78, 5) is 36.9. The number of rotatable bonds is 7. The molecule has 3 amide bonds. The van der Waals surface area contributed by atoms with E-state index in [0.717, 1.165) is 18.5 Å². The molecule has 0 bridgehead atoms. The molecule has 1 aliphatic carbocycles. The fraction of sp³-hybridized carbons (Fsp3) is 0.500. The van der Waals surface area contributed by atoms with Gasteiger partial charge in [-0.25, -0.2) is 0 Å². The third-order valence-corrected chi connectivity index (χ3v) is 4.74. The Bertz CT molecular complexity index is 706. The molecule has 2 fully saturated rings. The van der Waals surface area contributed by atoms with E-state index in [1.165, 1.54) is 0 Å². The van der Waals surface area contributed by atoms with Crippen molar-refractivity contribution < 1.29 is 14.4 Å². The molecule has 1 heterocycles. The Hall–Kier alpha value is -2.28. The number of piperazine rings is 1. The van der Waals surface area contributed by atoms with Crippen LogP contribution in [0.4, 0.5) is 11.4 Å². The van der Waals surface area contributed by atoms with Gasteiger partial charge in [-0.2, -0.15) is 0 Å². The maximum absolute atomic E-state index is 12.0. The summed E-state index contributed by atoms with van der Waals surface area (Å²) in [6, 6.07) is 5.28. The number of benzene rings is 1. The molecule has 1 aromatic carbocycles. The third kappa shape index (κ3) is 5.11. The Morgan fingerprint density at radius 3 is 2.81 bits per heavy atom. The van der Waals surface area contributed by atoms with Gasteiger partial charge in [0, 0.05) is 37.7 Å². The van der Waals surface area contributed by atoms with Gasteiger partial charge in [-0.15, -0.1) is 0 Å². The van der Waals surface area contributed by atoms with Crippen LogP contribution in [0.1, 0.15) is 25.7 Å². The van der Waals surface area contributed by atoms with Crippen LogP contribution in [0.2, 0.25) is 5.02 Å². The molecule has 3 N–H and O–H groups in total. The Kier molecular flexibility index (Phi) is 5.98. The normalized spacial score (nSPS) is 16.8. The van der Waals surface area contributed by atoms with Gasteiger partial charge in [0.1, 0.15) is 0 Å². The van der Waals surface area contributed by atoms with Gasteiger partial charge in [-0.05, 0) is 37.5 Å². The minimum Gasteiger partial charge on any atom is -0.359 e. The summed E-state index contributed by atoms with van der Waals surface area (Å²) < 4.78 is 0. The molecule has 0 radical (unpaired) electrons. The molecule has 0 spiro atoms. The molecule has 8 heteroatoms. The van der Waals surface area contributed by atoms with E-state index >= 15 is 0 Å². The van der Waals surface area contributed by atoms with Gasteiger partial charge in [-0.1, -0.05) is 11.6 Å². The van der Waals surface area contributed by atoms with Crippen LogP contribution < -0.4 is 20.9 Å². The van der Waals surface area contributed by atoms with E-state index < -0.39 is 0 Å². The van der Waals surface area contributed by atoms with E-state index in [-0.39, 0.29) is 30.2 Å². The summed E-state index contributed by atoms with van der Waals surface area (Å²) in [7, 11) is 0. The molecule has 26 heavy (non-hydrogen) atoms. The summed E-state index contributed by atoms with van der Waals surface area (Å²) in [6.45, 7) is 2.08. The van der Waals surface area contributed by atoms with Crippen LogP contribution in [-0.2, 0) is 14.4 Å². The van der Waals surface area contributed by atoms with Crippen molar-refractivity contribution in [2.24, 2.45) is 5.92 Å². The SMILES string of the molecule is O=C1CN(c2ccc(NC(=O)CCCNC(=O)C3CC3)cc2Cl)CCN1. The van der Waals surface area contributed by atoms with E-state index in [1.807, 2.05) is 11.0 Å². The smallest absolute Gasteiger partial charge is 0.239 e. The number of halogens is 1. The highest BCUT2D eigenvalue weighted by molar-refractivity contribution is 6.33. The van der Waals surface area contributed by atoms with Crippen LogP contribution >= 0.6 is 11.6 Å². The Balaban J connectivity index is 1.45. The molecule has 7 nitrogen and oxygen atoms in total. The lowest BCUT2D eigenvalue weighted by atomic mass is 10.2. The number of carbonyl (C=O) groups is 3. The minimum atomic E-state index is -0.119. The van der Waals surface area contributed by atoms with Gasteiger partial charge >= 0.3 is 0 Å². The Morgan fingerprint density at radius 1 is 1.31 bits per heavy atom. The standard InChI is InChI=1S/C18H23ClN4O3/c19-14-10-13(5-6-15(14)23-9-8-20-17(25)11-23)22-16(24)2-1-7-21-18(26)12-3-4-12/h5-6,10,12H,1-4,7-9,11H2,(H,20,25)(H,21,26)(H,22,24). The number of amides is 3. The van der Waals surface area contributed by atoms with Gasteiger partial charge in [0.05, 0.1) is 17.3 Å². The molecule has 2 aliphatic rings. The summed E-state index contributed by atoms with van der Waals surface area (Å²) in [5.74, 6) is 0.139. The Labute approximate surface area is 157 Å². The second-order valence-corrected chi connectivity index (χ2v) is 7.06. The molecule has 0 atom stereocenters. The summed E-state index contributed by atoms with van der Waals surface area (Å²) >= 11 is 6.32. The molecule has 0 aromatic heterocycles. The van der Waals surface area contributed by atoms with Crippen molar-refractivity contribution >= 4 is 40.7 Å². The van der Waals surface area contributed by atoms with E-state index in [2.05, 4.69) is 16.0 Å². The quantitative estimate of drug-likeness (QED) is 0.627. The second kappa shape index (κ2) is 8.40. The summed E-state index contributed by atoms with van der Waals surface area (Å²) in [5.41, 5.74) is 1.40. The average Bonchev–Trinajstić information content (AvgIpc) is 3.44. The van der Waals surface area contributed by atoms with Gasteiger partial charge in [-0.3, -0.25) is 14.4 Å². The van der Waals surface area contributed by atoms with Crippen LogP contribution in [0, 0.1) is 5.92 Å². The largest absolute Gasteiger partial charge is 0.359 e. The van der Waals surface area contributed by atoms with Crippen molar-refractivity contribution in [1.82, 2.24) is 10.6 Å². The number of hydrogen-bond acceptors (Lipinski definition) is 4. The number of nitrogens with zero attached hydrogens (tertiary/aromatic N) is 1. The van der Waals surface area contributed by atoms with Crippen LogP contribution in [0.5, 0.6) is 0 Å². The summed E-state index contributed by atoms with van der Waals surface area (Å²) in [6.07, 6.45) is 2.88. The van der Waals surface area contributed by atoms with Crippen molar-refractivity contribution in [2.45, 2.75) is 25.7 Å². The zero-order valence-corrected chi connectivity index (χ0v) is 15.3. The predicted octanol–water partition coefficient (Wildman–Crippen LogP) is 1.52. The molecule has 1 aliphatic heterocycles. The van der Waals surface area contributed by atoms with E-state index in [4.69, 9.17) is 11.6 Å². The van der Waals surface area contributed by atoms with Crippen LogP contribution in [0.15, 0.2) is 18.2 Å². The van der Waals surface area contributed by atoms with E-state index in [9.17, 15) is 14.4 Å². The van der Waals surface area contributed by atoms with E-state index in [0.29, 0.717) is 43.2 Å². The van der Waals surface area contributed by atoms with Crippen LogP contribution in [0.25, 0.3) is 0 Å². The molecular formula is C18H23ClN4O3. The van der Waals surface area contributed by atoms with Crippen molar-refractivity contribution in [3.63, 3.8) is 0 Å². The lowest BCUT2D eigenvalue weighted by Crippen LogP contribution is -2.47. The zero-order chi connectivity index (χ0) is 18.5. The van der Waals surface area contributed by atoms with E-state index in [1.54, 1.807) is 12.1 Å². The number of anilines is 2. The van der Waals surface area contributed by atoms with Gasteiger partial charge in [0.25, 0.3) is 0 Å². The Morgan fingerprint density at radius 2 is 2.12 bits per heavy atom. The molecule has 0 unspecified atom stereocenters. The fourth-order valence-corrected chi connectivity index (χ4v) is 3.16. The molecule has 1 aromatic rings. The molecule has 1 saturated carbocycles. The first-order valence-corrected chi connectivity index (χ1v) is 9.29. The molecule has 1 saturated heterocycles. The van der Waals surface area contributed by atoms with Crippen molar-refractivity contribution in [1.29, 1.82) is 0 Å². The van der Waals surface area contributed by atoms with Crippen LogP contribution in [0.3, 0.4) is 0 Å². The third-order valence-electron chi connectivity index (χ3n) is 4.44. The number of nitrogens with one attached hydrogen (secondary N) is 3.